The highest BCUT2D eigenvalue weighted by Gasteiger charge is 2.10. The van der Waals surface area contributed by atoms with Crippen molar-refractivity contribution in [3.05, 3.63) is 60.2 Å². The standard InChI is InChI=1S/C18H18O/c1-2-15(19)12-18-16-9-5-3-7-13(16)11-14-8-4-6-10-17(14)18/h3-11,15,19H,2,12H2,1H3. The van der Waals surface area contributed by atoms with E-state index in [0.29, 0.717) is 0 Å². The van der Waals surface area contributed by atoms with Crippen molar-refractivity contribution in [1.29, 1.82) is 0 Å². The van der Waals surface area contributed by atoms with Crippen LogP contribution in [-0.2, 0) is 6.42 Å². The highest BCUT2D eigenvalue weighted by molar-refractivity contribution is 6.02. The number of hydrogen-bond donors (Lipinski definition) is 1. The molecule has 0 aromatic heterocycles. The summed E-state index contributed by atoms with van der Waals surface area (Å²) in [6, 6.07) is 19.1. The fraction of sp³-hybridized carbons (Fsp3) is 0.222. The van der Waals surface area contributed by atoms with Crippen LogP contribution in [0.5, 0.6) is 0 Å². The molecule has 0 fully saturated rings. The van der Waals surface area contributed by atoms with Gasteiger partial charge in [0.2, 0.25) is 0 Å². The van der Waals surface area contributed by atoms with Crippen molar-refractivity contribution in [1.82, 2.24) is 0 Å². The van der Waals surface area contributed by atoms with Gasteiger partial charge in [-0.3, -0.25) is 0 Å². The van der Waals surface area contributed by atoms with E-state index in [1.165, 1.54) is 27.1 Å². The molecule has 1 heteroatoms. The molecule has 1 N–H and O–H groups in total. The van der Waals surface area contributed by atoms with Gasteiger partial charge in [0.25, 0.3) is 0 Å². The molecule has 0 bridgehead atoms. The maximum Gasteiger partial charge on any atom is 0.0578 e. The van der Waals surface area contributed by atoms with Crippen LogP contribution in [-0.4, -0.2) is 11.2 Å². The van der Waals surface area contributed by atoms with Crippen molar-refractivity contribution in [3.63, 3.8) is 0 Å². The predicted molar refractivity (Wildman–Crippen MR) is 81.5 cm³/mol. The van der Waals surface area contributed by atoms with Crippen LogP contribution in [0.25, 0.3) is 21.5 Å². The molecule has 3 aromatic rings. The minimum atomic E-state index is -0.269. The van der Waals surface area contributed by atoms with Crippen LogP contribution in [0.2, 0.25) is 0 Å². The van der Waals surface area contributed by atoms with Crippen LogP contribution in [0.15, 0.2) is 54.6 Å². The Kier molecular flexibility index (Phi) is 3.22. The number of aliphatic hydroxyl groups is 1. The zero-order valence-electron chi connectivity index (χ0n) is 11.1. The van der Waals surface area contributed by atoms with Crippen LogP contribution in [0.3, 0.4) is 0 Å². The van der Waals surface area contributed by atoms with E-state index in [4.69, 9.17) is 0 Å². The van der Waals surface area contributed by atoms with E-state index in [1.54, 1.807) is 0 Å². The summed E-state index contributed by atoms with van der Waals surface area (Å²) in [6.45, 7) is 2.03. The third kappa shape index (κ3) is 2.22. The zero-order chi connectivity index (χ0) is 13.2. The van der Waals surface area contributed by atoms with Gasteiger partial charge >= 0.3 is 0 Å². The normalized spacial score (nSPS) is 12.9. The molecule has 0 radical (unpaired) electrons. The molecule has 0 saturated heterocycles. The Bertz CT molecular complexity index is 661. The second-order valence-electron chi connectivity index (χ2n) is 5.06. The smallest absolute Gasteiger partial charge is 0.0578 e. The quantitative estimate of drug-likeness (QED) is 0.687. The van der Waals surface area contributed by atoms with Gasteiger partial charge in [-0.2, -0.15) is 0 Å². The van der Waals surface area contributed by atoms with Gasteiger partial charge in [-0.25, -0.2) is 0 Å². The molecule has 0 spiro atoms. The van der Waals surface area contributed by atoms with Gasteiger partial charge in [-0.15, -0.1) is 0 Å². The molecule has 0 aliphatic rings. The van der Waals surface area contributed by atoms with E-state index in [9.17, 15) is 5.11 Å². The molecule has 0 heterocycles. The Morgan fingerprint density at radius 3 is 1.95 bits per heavy atom. The topological polar surface area (TPSA) is 20.2 Å². The van der Waals surface area contributed by atoms with Gasteiger partial charge in [0, 0.05) is 0 Å². The van der Waals surface area contributed by atoms with Crippen LogP contribution >= 0.6 is 0 Å². The maximum absolute atomic E-state index is 10.0. The zero-order valence-corrected chi connectivity index (χ0v) is 11.1. The lowest BCUT2D eigenvalue weighted by Crippen LogP contribution is -2.09. The summed E-state index contributed by atoms with van der Waals surface area (Å²) in [4.78, 5) is 0. The monoisotopic (exact) mass is 250 g/mol. The third-order valence-corrected chi connectivity index (χ3v) is 3.79. The molecule has 0 aliphatic heterocycles. The summed E-state index contributed by atoms with van der Waals surface area (Å²) in [5.41, 5.74) is 1.27. The lowest BCUT2D eigenvalue weighted by Gasteiger charge is -2.14. The molecule has 0 aliphatic carbocycles. The molecular weight excluding hydrogens is 232 g/mol. The first-order chi connectivity index (χ1) is 9.29. The van der Waals surface area contributed by atoms with Crippen molar-refractivity contribution >= 4 is 21.5 Å². The molecule has 3 aromatic carbocycles. The van der Waals surface area contributed by atoms with Crippen molar-refractivity contribution < 1.29 is 5.11 Å². The third-order valence-electron chi connectivity index (χ3n) is 3.79. The number of benzene rings is 3. The lowest BCUT2D eigenvalue weighted by atomic mass is 9.93. The SMILES string of the molecule is CCC(O)Cc1c2ccccc2cc2ccccc12. The Morgan fingerprint density at radius 2 is 1.42 bits per heavy atom. The van der Waals surface area contributed by atoms with E-state index in [2.05, 4.69) is 54.6 Å². The van der Waals surface area contributed by atoms with E-state index < -0.39 is 0 Å². The molecule has 0 saturated carbocycles. The van der Waals surface area contributed by atoms with Crippen LogP contribution in [0.1, 0.15) is 18.9 Å². The van der Waals surface area contributed by atoms with Gasteiger partial charge < -0.3 is 5.11 Å². The van der Waals surface area contributed by atoms with E-state index >= 15 is 0 Å². The van der Waals surface area contributed by atoms with E-state index in [1.807, 2.05) is 6.92 Å². The van der Waals surface area contributed by atoms with Crippen molar-refractivity contribution in [2.45, 2.75) is 25.9 Å². The highest BCUT2D eigenvalue weighted by atomic mass is 16.3. The molecule has 1 unspecified atom stereocenters. The van der Waals surface area contributed by atoms with Crippen molar-refractivity contribution in [2.24, 2.45) is 0 Å². The van der Waals surface area contributed by atoms with Gasteiger partial charge in [0.15, 0.2) is 0 Å². The minimum absolute atomic E-state index is 0.269. The predicted octanol–water partition coefficient (Wildman–Crippen LogP) is 4.31. The first-order valence-electron chi connectivity index (χ1n) is 6.87. The summed E-state index contributed by atoms with van der Waals surface area (Å²) < 4.78 is 0. The van der Waals surface area contributed by atoms with E-state index in [-0.39, 0.29) is 6.10 Å². The first kappa shape index (κ1) is 12.2. The van der Waals surface area contributed by atoms with Gasteiger partial charge in [0.05, 0.1) is 6.10 Å². The Balaban J connectivity index is 2.33. The largest absolute Gasteiger partial charge is 0.393 e. The van der Waals surface area contributed by atoms with Gasteiger partial charge in [-0.05, 0) is 46.0 Å². The first-order valence-corrected chi connectivity index (χ1v) is 6.87. The van der Waals surface area contributed by atoms with Gasteiger partial charge in [-0.1, -0.05) is 55.5 Å². The summed E-state index contributed by atoms with van der Waals surface area (Å²) in [6.07, 6.45) is 1.24. The van der Waals surface area contributed by atoms with Crippen molar-refractivity contribution in [3.8, 4) is 0 Å². The van der Waals surface area contributed by atoms with Gasteiger partial charge in [0.1, 0.15) is 0 Å². The van der Waals surface area contributed by atoms with Crippen molar-refractivity contribution in [2.75, 3.05) is 0 Å². The second-order valence-corrected chi connectivity index (χ2v) is 5.06. The molecule has 1 nitrogen and oxygen atoms in total. The average molecular weight is 250 g/mol. The summed E-state index contributed by atoms with van der Waals surface area (Å²) in [5.74, 6) is 0. The molecule has 96 valence electrons. The fourth-order valence-electron chi connectivity index (χ4n) is 2.71. The summed E-state index contributed by atoms with van der Waals surface area (Å²) in [5, 5.41) is 15.0. The van der Waals surface area contributed by atoms with Crippen LogP contribution in [0, 0.1) is 0 Å². The van der Waals surface area contributed by atoms with E-state index in [0.717, 1.165) is 12.8 Å². The number of hydrogen-bond acceptors (Lipinski definition) is 1. The lowest BCUT2D eigenvalue weighted by molar-refractivity contribution is 0.171. The summed E-state index contributed by atoms with van der Waals surface area (Å²) >= 11 is 0. The number of fused-ring (bicyclic) bond motifs is 2. The number of aliphatic hydroxyl groups excluding tert-OH is 1. The van der Waals surface area contributed by atoms with Crippen LogP contribution < -0.4 is 0 Å². The average Bonchev–Trinajstić information content (AvgIpc) is 2.46. The molecule has 0 amide bonds. The molecular formula is C18H18O. The summed E-state index contributed by atoms with van der Waals surface area (Å²) in [7, 11) is 0. The maximum atomic E-state index is 10.0. The molecule has 1 atom stereocenters. The Hall–Kier alpha value is -1.86. The minimum Gasteiger partial charge on any atom is -0.393 e. The van der Waals surface area contributed by atoms with Crippen LogP contribution in [0.4, 0.5) is 0 Å². The molecule has 3 rings (SSSR count). The number of rotatable bonds is 3. The fourth-order valence-corrected chi connectivity index (χ4v) is 2.71. The highest BCUT2D eigenvalue weighted by Crippen LogP contribution is 2.29. The second kappa shape index (κ2) is 5.02. The Labute approximate surface area is 113 Å². The Morgan fingerprint density at radius 1 is 0.895 bits per heavy atom. The molecule has 19 heavy (non-hydrogen) atoms.